The first kappa shape index (κ1) is 87.5. The minimum Gasteiger partial charge on any atom is -0.725 e. The Kier molecular flexibility index (Phi) is 53.2. The molecule has 0 spiro atoms. The summed E-state index contributed by atoms with van der Waals surface area (Å²) in [6, 6.07) is 0. The van der Waals surface area contributed by atoms with Gasteiger partial charge in [-0.25, -0.2) is 33.7 Å². The third-order valence-electron chi connectivity index (χ3n) is 4.54. The van der Waals surface area contributed by atoms with E-state index in [1.165, 1.54) is 77.0 Å². The molecule has 404 valence electrons. The van der Waals surface area contributed by atoms with E-state index in [0.29, 0.717) is 27.7 Å². The van der Waals surface area contributed by atoms with Crippen molar-refractivity contribution in [3.05, 3.63) is 24.6 Å². The summed E-state index contributed by atoms with van der Waals surface area (Å²) >= 11 is 0. The van der Waals surface area contributed by atoms with Crippen LogP contribution in [0.1, 0.15) is 105 Å². The van der Waals surface area contributed by atoms with Crippen LogP contribution in [-0.2, 0) is 176 Å². The van der Waals surface area contributed by atoms with Crippen LogP contribution in [0.4, 0.5) is 0 Å². The molecule has 0 aromatic rings. The third kappa shape index (κ3) is 79.5. The molecular weight excluding hydrogens is 1450 g/mol. The summed E-state index contributed by atoms with van der Waals surface area (Å²) in [7, 11) is -42.1. The number of hydrogen-bond acceptors (Lipinski definition) is 32. The van der Waals surface area contributed by atoms with E-state index in [0.717, 1.165) is 0 Å². The quantitative estimate of drug-likeness (QED) is 0.191. The molecule has 2 fully saturated rings. The van der Waals surface area contributed by atoms with E-state index in [2.05, 4.69) is 31.2 Å². The van der Waals surface area contributed by atoms with Crippen molar-refractivity contribution in [3.63, 3.8) is 0 Å². The monoisotopic (exact) mass is 1500 g/mol. The first-order valence-electron chi connectivity index (χ1n) is 15.0. The summed E-state index contributed by atoms with van der Waals surface area (Å²) in [6.45, 7) is 2.77. The molecule has 0 saturated heterocycles. The Balaban J connectivity index is -0.0000000710. The Morgan fingerprint density at radius 3 is 0.439 bits per heavy atom. The van der Waals surface area contributed by atoms with Crippen molar-refractivity contribution in [1.82, 2.24) is 0 Å². The van der Waals surface area contributed by atoms with E-state index < -0.39 is 107 Å². The summed E-state index contributed by atoms with van der Waals surface area (Å²) in [5.74, 6) is -5.28. The van der Waals surface area contributed by atoms with E-state index in [1.807, 2.05) is 0 Å². The van der Waals surface area contributed by atoms with Gasteiger partial charge in [-0.2, -0.15) is 33.7 Å². The SMILES string of the molecule is C1CCCCC1.C1CCCCC1.CC(=O)OS(=O)(=O)OS(=O)(=O)[O-].CC(=O)OS(=O)(=O)OS(=O)(=O)[O-].CC(=O)OS(=O)(=O)OS(=O)(=O)[O-].CC(=O)OS(=O)(=O)OS(=O)(=O)[O-].[NH2-].[NH2-].[NH2-].[NH2-].[Pt+4].[Pt+4]. The van der Waals surface area contributed by atoms with Crippen molar-refractivity contribution in [2.24, 2.45) is 0 Å². The Hall–Kier alpha value is -1.62. The average molecular weight is 1500 g/mol. The molecule has 0 aliphatic heterocycles. The van der Waals surface area contributed by atoms with Crippen LogP contribution in [0.15, 0.2) is 0 Å². The van der Waals surface area contributed by atoms with Gasteiger partial charge in [0.2, 0.25) is 41.6 Å². The second-order valence-corrected chi connectivity index (χ2v) is 19.5. The van der Waals surface area contributed by atoms with Gasteiger partial charge >= 0.3 is 108 Å². The number of hydrogen-bond donors (Lipinski definition) is 0. The molecule has 0 heterocycles. The van der Waals surface area contributed by atoms with Crippen LogP contribution in [0, 0.1) is 0 Å². The number of carbonyl (C=O) groups excluding carboxylic acids is 4. The van der Waals surface area contributed by atoms with Crippen molar-refractivity contribution in [1.29, 1.82) is 0 Å². The molecule has 2 aliphatic carbocycles. The van der Waals surface area contributed by atoms with Crippen LogP contribution in [-0.4, -0.2) is 109 Å². The van der Waals surface area contributed by atoms with Crippen molar-refractivity contribution < 1.29 is 178 Å². The Morgan fingerprint density at radius 1 is 0.288 bits per heavy atom. The predicted octanol–water partition coefficient (Wildman–Crippen LogP) is 0.629. The maximum absolute atomic E-state index is 10.2. The molecule has 0 aromatic carbocycles. The molecule has 0 bridgehead atoms. The molecule has 66 heavy (non-hydrogen) atoms. The van der Waals surface area contributed by atoms with Gasteiger partial charge in [-0.15, -0.1) is 14.5 Å². The Labute approximate surface area is 411 Å². The normalized spacial score (nSPS) is 13.5. The van der Waals surface area contributed by atoms with Crippen LogP contribution in [0.25, 0.3) is 24.6 Å². The van der Waals surface area contributed by atoms with Gasteiger partial charge in [0.1, 0.15) is 0 Å². The molecule has 36 nitrogen and oxygen atoms in total. The summed E-state index contributed by atoms with van der Waals surface area (Å²) < 4.78 is 223. The molecule has 2 saturated carbocycles. The molecule has 2 rings (SSSR count). The number of rotatable bonds is 12. The molecule has 0 radical (unpaired) electrons. The summed E-state index contributed by atoms with van der Waals surface area (Å²) in [5.41, 5.74) is 0. The van der Waals surface area contributed by atoms with E-state index in [9.17, 15) is 105 Å². The topological polar surface area (TPSA) is 641 Å². The fourth-order valence-electron chi connectivity index (χ4n) is 3.16. The third-order valence-corrected chi connectivity index (χ3v) is 11.6. The molecule has 0 unspecified atom stereocenters. The summed E-state index contributed by atoms with van der Waals surface area (Å²) in [4.78, 5) is 39.9. The fourth-order valence-corrected chi connectivity index (χ4v) is 8.02. The first-order valence-corrected chi connectivity index (χ1v) is 25.6. The maximum Gasteiger partial charge on any atom is 4.00 e. The van der Waals surface area contributed by atoms with Gasteiger partial charge in [0.05, 0.1) is 0 Å². The van der Waals surface area contributed by atoms with Gasteiger partial charge in [-0.05, 0) is 0 Å². The Morgan fingerprint density at radius 2 is 0.379 bits per heavy atom. The van der Waals surface area contributed by atoms with Gasteiger partial charge in [-0.1, -0.05) is 77.0 Å². The molecule has 2 aliphatic rings. The van der Waals surface area contributed by atoms with Crippen LogP contribution in [0.5, 0.6) is 0 Å². The molecule has 8 N–H and O–H groups in total. The number of carbonyl (C=O) groups is 4. The van der Waals surface area contributed by atoms with E-state index in [4.69, 9.17) is 0 Å². The van der Waals surface area contributed by atoms with Crippen LogP contribution in [0.2, 0.25) is 0 Å². The van der Waals surface area contributed by atoms with Crippen molar-refractivity contribution >= 4 is 107 Å². The van der Waals surface area contributed by atoms with Gasteiger partial charge < -0.3 is 59.5 Å². The van der Waals surface area contributed by atoms with Gasteiger partial charge in [-0.3, -0.25) is 19.2 Å². The Bertz CT molecular complexity index is 1960. The second-order valence-electron chi connectivity index (χ2n) is 10.1. The van der Waals surface area contributed by atoms with Crippen molar-refractivity contribution in [2.75, 3.05) is 0 Å². The minimum atomic E-state index is -5.44. The molecule has 46 heteroatoms. The van der Waals surface area contributed by atoms with Crippen LogP contribution in [0.3, 0.4) is 0 Å². The van der Waals surface area contributed by atoms with Gasteiger partial charge in [0.15, 0.2) is 0 Å². The largest absolute Gasteiger partial charge is 4.00 e. The maximum atomic E-state index is 10.2. The summed E-state index contributed by atoms with van der Waals surface area (Å²) in [6.07, 6.45) is 18.0. The smallest absolute Gasteiger partial charge is 0.725 e. The zero-order chi connectivity index (χ0) is 48.5. The molecule has 0 atom stereocenters. The molecule has 0 amide bonds. The van der Waals surface area contributed by atoms with E-state index in [-0.39, 0.29) is 66.7 Å². The van der Waals surface area contributed by atoms with Gasteiger partial charge in [0, 0.05) is 27.7 Å². The van der Waals surface area contributed by atoms with Crippen molar-refractivity contribution in [2.45, 2.75) is 105 Å². The minimum absolute atomic E-state index is 0. The van der Waals surface area contributed by atoms with Crippen molar-refractivity contribution in [3.8, 4) is 0 Å². The van der Waals surface area contributed by atoms with E-state index in [1.54, 1.807) is 0 Å². The van der Waals surface area contributed by atoms with E-state index >= 15 is 0 Å². The second kappa shape index (κ2) is 40.1. The zero-order valence-electron chi connectivity index (χ0n) is 33.8. The summed E-state index contributed by atoms with van der Waals surface area (Å²) in [5, 5.41) is 0. The first-order chi connectivity index (χ1) is 26.5. The fraction of sp³-hybridized carbons (Fsp3) is 0.800. The predicted molar refractivity (Wildman–Crippen MR) is 202 cm³/mol. The number of nitrogens with two attached hydrogens (primary N) is 4. The van der Waals surface area contributed by atoms with Crippen LogP contribution < -0.4 is 0 Å². The average Bonchev–Trinajstić information content (AvgIpc) is 2.92. The molecular formula is C20H44N4O32Pt2S8. The standard InChI is InChI=1S/2C6H12.4C2H4O8S2.4H2N.2Pt/c2*1-2-4-6-5-3-1;4*1-2(3)9-12(7,8)10-11(4,5)6;;;;;;/h2*1-6H2;4*1H3,(H,4,5,6);4*1H2;;/q;;;;;;4*-1;2*+4/p-4. The molecule has 0 aromatic heterocycles. The van der Waals surface area contributed by atoms with Crippen LogP contribution >= 0.6 is 0 Å². The zero-order valence-corrected chi connectivity index (χ0v) is 44.8. The van der Waals surface area contributed by atoms with Gasteiger partial charge in [0.25, 0.3) is 0 Å².